The van der Waals surface area contributed by atoms with Gasteiger partial charge < -0.3 is 9.84 Å². The highest BCUT2D eigenvalue weighted by Crippen LogP contribution is 2.32. The van der Waals surface area contributed by atoms with Gasteiger partial charge in [-0.2, -0.15) is 19.1 Å². The number of rotatable bonds is 5. The lowest BCUT2D eigenvalue weighted by atomic mass is 10.2. The summed E-state index contributed by atoms with van der Waals surface area (Å²) in [6, 6.07) is 1.83. The standard InChI is InChI=1S/C12H8ClF2N5O3/c1-19-11(23-12(14)15)9(13)10(18-19)20-7(2-3-8(21)22)6(4-16)5-17-20/h2-3,5,12H,1H3,(H,21,22)/b3-2+. The first-order valence-corrected chi connectivity index (χ1v) is 6.29. The number of nitriles is 1. The lowest BCUT2D eigenvalue weighted by Gasteiger charge is -2.03. The largest absolute Gasteiger partial charge is 0.478 e. The fourth-order valence-electron chi connectivity index (χ4n) is 1.74. The summed E-state index contributed by atoms with van der Waals surface area (Å²) in [5.74, 6) is -1.72. The van der Waals surface area contributed by atoms with Crippen molar-refractivity contribution in [2.75, 3.05) is 0 Å². The Bertz CT molecular complexity index is 822. The monoisotopic (exact) mass is 343 g/mol. The summed E-state index contributed by atoms with van der Waals surface area (Å²) in [5, 5.41) is 25.2. The van der Waals surface area contributed by atoms with Gasteiger partial charge in [0.15, 0.2) is 5.82 Å². The molecule has 2 rings (SSSR count). The van der Waals surface area contributed by atoms with E-state index in [0.29, 0.717) is 0 Å². The van der Waals surface area contributed by atoms with Gasteiger partial charge in [0.25, 0.3) is 0 Å². The minimum absolute atomic E-state index is 0.0561. The molecular weight excluding hydrogens is 336 g/mol. The van der Waals surface area contributed by atoms with Crippen LogP contribution in [-0.4, -0.2) is 37.2 Å². The number of ether oxygens (including phenoxy) is 1. The van der Waals surface area contributed by atoms with Crippen molar-refractivity contribution in [2.45, 2.75) is 6.61 Å². The highest BCUT2D eigenvalue weighted by Gasteiger charge is 2.23. The van der Waals surface area contributed by atoms with Crippen molar-refractivity contribution in [1.29, 1.82) is 5.26 Å². The number of nitrogens with zero attached hydrogens (tertiary/aromatic N) is 5. The zero-order chi connectivity index (χ0) is 17.1. The highest BCUT2D eigenvalue weighted by molar-refractivity contribution is 6.33. The molecule has 0 spiro atoms. The molecule has 0 aliphatic carbocycles. The molecule has 0 atom stereocenters. The molecule has 2 heterocycles. The summed E-state index contributed by atoms with van der Waals surface area (Å²) >= 11 is 5.97. The van der Waals surface area contributed by atoms with Crippen molar-refractivity contribution in [2.24, 2.45) is 7.05 Å². The molecule has 23 heavy (non-hydrogen) atoms. The predicted octanol–water partition coefficient (Wildman–Crippen LogP) is 1.83. The smallest absolute Gasteiger partial charge is 0.388 e. The van der Waals surface area contributed by atoms with Crippen LogP contribution in [0.5, 0.6) is 5.88 Å². The molecule has 11 heteroatoms. The minimum atomic E-state index is -3.10. The van der Waals surface area contributed by atoms with Gasteiger partial charge in [0.2, 0.25) is 5.88 Å². The van der Waals surface area contributed by atoms with Crippen LogP contribution in [-0.2, 0) is 11.8 Å². The Balaban J connectivity index is 2.58. The van der Waals surface area contributed by atoms with Crippen molar-refractivity contribution in [3.05, 3.63) is 28.6 Å². The van der Waals surface area contributed by atoms with Gasteiger partial charge in [0, 0.05) is 13.1 Å². The molecule has 0 fully saturated rings. The van der Waals surface area contributed by atoms with Crippen LogP contribution in [0.25, 0.3) is 11.9 Å². The van der Waals surface area contributed by atoms with Gasteiger partial charge in [-0.1, -0.05) is 11.6 Å². The van der Waals surface area contributed by atoms with E-state index in [4.69, 9.17) is 22.0 Å². The molecule has 2 aromatic rings. The number of aliphatic carboxylic acids is 1. The molecule has 2 aromatic heterocycles. The van der Waals surface area contributed by atoms with Crippen molar-refractivity contribution in [3.63, 3.8) is 0 Å². The Kier molecular flexibility index (Phi) is 4.61. The van der Waals surface area contributed by atoms with Crippen LogP contribution in [0.1, 0.15) is 11.3 Å². The lowest BCUT2D eigenvalue weighted by molar-refractivity contribution is -0.131. The van der Waals surface area contributed by atoms with Crippen LogP contribution >= 0.6 is 11.6 Å². The number of carboxylic acids is 1. The normalized spacial score (nSPS) is 11.1. The average molecular weight is 344 g/mol. The number of carbonyl (C=O) groups is 1. The zero-order valence-electron chi connectivity index (χ0n) is 11.4. The van der Waals surface area contributed by atoms with E-state index in [-0.39, 0.29) is 28.0 Å². The lowest BCUT2D eigenvalue weighted by Crippen LogP contribution is -2.06. The molecule has 0 radical (unpaired) electrons. The third-order valence-electron chi connectivity index (χ3n) is 2.63. The fraction of sp³-hybridized carbons (Fsp3) is 0.167. The number of hydrogen-bond acceptors (Lipinski definition) is 5. The van der Waals surface area contributed by atoms with Crippen molar-refractivity contribution < 1.29 is 23.4 Å². The van der Waals surface area contributed by atoms with E-state index in [2.05, 4.69) is 14.9 Å². The molecular formula is C12H8ClF2N5O3. The molecule has 0 bridgehead atoms. The summed E-state index contributed by atoms with van der Waals surface area (Å²) in [6.45, 7) is -3.10. The third kappa shape index (κ3) is 3.29. The molecule has 8 nitrogen and oxygen atoms in total. The Labute approximate surface area is 132 Å². The summed E-state index contributed by atoms with van der Waals surface area (Å²) < 4.78 is 31.0. The third-order valence-corrected chi connectivity index (χ3v) is 2.97. The summed E-state index contributed by atoms with van der Waals surface area (Å²) in [7, 11) is 1.33. The van der Waals surface area contributed by atoms with Gasteiger partial charge in [-0.25, -0.2) is 14.2 Å². The zero-order valence-corrected chi connectivity index (χ0v) is 12.2. The van der Waals surface area contributed by atoms with E-state index in [1.54, 1.807) is 0 Å². The maximum Gasteiger partial charge on any atom is 0.388 e. The maximum absolute atomic E-state index is 12.4. The summed E-state index contributed by atoms with van der Waals surface area (Å²) in [6.07, 6.45) is 3.08. The van der Waals surface area contributed by atoms with E-state index >= 15 is 0 Å². The molecule has 0 aliphatic rings. The Hall–Kier alpha value is -2.93. The molecule has 0 saturated heterocycles. The number of carboxylic acid groups (broad SMARTS) is 1. The second-order valence-electron chi connectivity index (χ2n) is 4.08. The number of aryl methyl sites for hydroxylation is 1. The maximum atomic E-state index is 12.4. The van der Waals surface area contributed by atoms with Crippen molar-refractivity contribution in [3.8, 4) is 17.8 Å². The minimum Gasteiger partial charge on any atom is -0.478 e. The van der Waals surface area contributed by atoms with Gasteiger partial charge in [-0.05, 0) is 6.08 Å². The molecule has 0 amide bonds. The molecule has 0 saturated carbocycles. The second kappa shape index (κ2) is 6.45. The molecule has 0 unspecified atom stereocenters. The summed E-state index contributed by atoms with van der Waals surface area (Å²) in [5.41, 5.74) is 0.138. The number of aromatic nitrogens is 4. The van der Waals surface area contributed by atoms with Crippen LogP contribution in [0.2, 0.25) is 5.02 Å². The van der Waals surface area contributed by atoms with Gasteiger partial charge in [-0.15, -0.1) is 5.10 Å². The quantitative estimate of drug-likeness (QED) is 0.830. The van der Waals surface area contributed by atoms with Gasteiger partial charge >= 0.3 is 12.6 Å². The molecule has 1 N–H and O–H groups in total. The van der Waals surface area contributed by atoms with Crippen LogP contribution < -0.4 is 4.74 Å². The van der Waals surface area contributed by atoms with E-state index in [0.717, 1.165) is 21.5 Å². The van der Waals surface area contributed by atoms with Crippen LogP contribution in [0.3, 0.4) is 0 Å². The number of hydrogen-bond donors (Lipinski definition) is 1. The van der Waals surface area contributed by atoms with Crippen LogP contribution in [0.15, 0.2) is 12.3 Å². The average Bonchev–Trinajstić information content (AvgIpc) is 3.00. The fourth-order valence-corrected chi connectivity index (χ4v) is 2.02. The van der Waals surface area contributed by atoms with E-state index < -0.39 is 12.6 Å². The van der Waals surface area contributed by atoms with Gasteiger partial charge in [0.1, 0.15) is 11.1 Å². The molecule has 0 aromatic carbocycles. The Morgan fingerprint density at radius 3 is 2.87 bits per heavy atom. The van der Waals surface area contributed by atoms with Crippen LogP contribution in [0.4, 0.5) is 8.78 Å². The number of alkyl halides is 2. The van der Waals surface area contributed by atoms with E-state index in [9.17, 15) is 13.6 Å². The first-order chi connectivity index (χ1) is 10.8. The highest BCUT2D eigenvalue weighted by atomic mass is 35.5. The topological polar surface area (TPSA) is 106 Å². The number of halogens is 3. The van der Waals surface area contributed by atoms with Crippen molar-refractivity contribution in [1.82, 2.24) is 19.6 Å². The Morgan fingerprint density at radius 1 is 1.61 bits per heavy atom. The molecule has 0 aliphatic heterocycles. The molecule has 120 valence electrons. The van der Waals surface area contributed by atoms with Crippen molar-refractivity contribution >= 4 is 23.6 Å². The van der Waals surface area contributed by atoms with Crippen LogP contribution in [0, 0.1) is 11.3 Å². The second-order valence-corrected chi connectivity index (χ2v) is 4.46. The van der Waals surface area contributed by atoms with E-state index in [1.807, 2.05) is 6.07 Å². The van der Waals surface area contributed by atoms with Gasteiger partial charge in [-0.3, -0.25) is 0 Å². The van der Waals surface area contributed by atoms with E-state index in [1.165, 1.54) is 13.2 Å². The summed E-state index contributed by atoms with van der Waals surface area (Å²) in [4.78, 5) is 10.6. The van der Waals surface area contributed by atoms with Gasteiger partial charge in [0.05, 0.1) is 17.5 Å². The first-order valence-electron chi connectivity index (χ1n) is 5.92. The SMILES string of the molecule is Cn1nc(-n2ncc(C#N)c2/C=C/C(=O)O)c(Cl)c1OC(F)F. The predicted molar refractivity (Wildman–Crippen MR) is 73.4 cm³/mol. The first kappa shape index (κ1) is 16.4. The Morgan fingerprint density at radius 2 is 2.30 bits per heavy atom.